The third-order valence-electron chi connectivity index (χ3n) is 2.68. The molecule has 0 heterocycles. The van der Waals surface area contributed by atoms with E-state index in [2.05, 4.69) is 15.9 Å². The first-order valence-corrected chi connectivity index (χ1v) is 8.41. The molecular formula is C14H9BrClNO2S. The van der Waals surface area contributed by atoms with Crippen molar-refractivity contribution in [2.75, 3.05) is 0 Å². The predicted molar refractivity (Wildman–Crippen MR) is 81.2 cm³/mol. The van der Waals surface area contributed by atoms with E-state index in [1.807, 2.05) is 6.07 Å². The number of hydrogen-bond acceptors (Lipinski definition) is 3. The van der Waals surface area contributed by atoms with Crippen LogP contribution in [0.5, 0.6) is 0 Å². The Morgan fingerprint density at radius 1 is 1.20 bits per heavy atom. The molecule has 0 radical (unpaired) electrons. The lowest BCUT2D eigenvalue weighted by Crippen LogP contribution is -2.05. The SMILES string of the molecule is N#Cc1ccc(CS(=O)(=O)c2cccc(Br)c2)c(Cl)c1. The van der Waals surface area contributed by atoms with Crippen LogP contribution in [0.2, 0.25) is 5.02 Å². The molecule has 6 heteroatoms. The summed E-state index contributed by atoms with van der Waals surface area (Å²) in [5, 5.41) is 9.04. The molecule has 0 aliphatic rings. The van der Waals surface area contributed by atoms with Crippen molar-refractivity contribution in [3.63, 3.8) is 0 Å². The van der Waals surface area contributed by atoms with Gasteiger partial charge in [0, 0.05) is 9.50 Å². The third kappa shape index (κ3) is 3.40. The Morgan fingerprint density at radius 2 is 1.95 bits per heavy atom. The number of sulfone groups is 1. The lowest BCUT2D eigenvalue weighted by atomic mass is 10.2. The van der Waals surface area contributed by atoms with Crippen molar-refractivity contribution in [3.8, 4) is 6.07 Å². The fourth-order valence-electron chi connectivity index (χ4n) is 1.68. The number of hydrogen-bond donors (Lipinski definition) is 0. The Bertz CT molecular complexity index is 797. The first-order chi connectivity index (χ1) is 9.42. The molecule has 0 aromatic heterocycles. The largest absolute Gasteiger partial charge is 0.223 e. The quantitative estimate of drug-likeness (QED) is 0.822. The summed E-state index contributed by atoms with van der Waals surface area (Å²) in [5.74, 6) is -0.200. The number of nitrogens with zero attached hydrogens (tertiary/aromatic N) is 1. The molecule has 0 aliphatic carbocycles. The second-order valence-corrected chi connectivity index (χ2v) is 7.45. The molecule has 2 rings (SSSR count). The van der Waals surface area contributed by atoms with Crippen LogP contribution in [-0.4, -0.2) is 8.42 Å². The minimum atomic E-state index is -3.48. The van der Waals surface area contributed by atoms with E-state index in [1.165, 1.54) is 12.1 Å². The standard InChI is InChI=1S/C14H9BrClNO2S/c15-12-2-1-3-13(7-12)20(18,19)9-11-5-4-10(8-17)6-14(11)16/h1-7H,9H2. The number of halogens is 2. The molecular weight excluding hydrogens is 362 g/mol. The van der Waals surface area contributed by atoms with Gasteiger partial charge in [0.2, 0.25) is 0 Å². The molecule has 0 N–H and O–H groups in total. The molecule has 2 aromatic carbocycles. The smallest absolute Gasteiger partial charge is 0.182 e. The average Bonchev–Trinajstić information content (AvgIpc) is 2.41. The summed E-state index contributed by atoms with van der Waals surface area (Å²) in [4.78, 5) is 0.229. The second-order valence-electron chi connectivity index (χ2n) is 4.13. The zero-order valence-electron chi connectivity index (χ0n) is 10.2. The summed E-state index contributed by atoms with van der Waals surface area (Å²) in [6.07, 6.45) is 0. The van der Waals surface area contributed by atoms with E-state index < -0.39 is 9.84 Å². The zero-order valence-corrected chi connectivity index (χ0v) is 13.3. The summed E-state index contributed by atoms with van der Waals surface area (Å²) in [5.41, 5.74) is 0.879. The van der Waals surface area contributed by atoms with Crippen molar-refractivity contribution in [1.29, 1.82) is 5.26 Å². The van der Waals surface area contributed by atoms with Crippen molar-refractivity contribution >= 4 is 37.4 Å². The van der Waals surface area contributed by atoms with Crippen molar-refractivity contribution in [2.45, 2.75) is 10.6 Å². The van der Waals surface area contributed by atoms with Crippen LogP contribution in [0.25, 0.3) is 0 Å². The maximum absolute atomic E-state index is 12.3. The van der Waals surface area contributed by atoms with Gasteiger partial charge in [-0.25, -0.2) is 8.42 Å². The summed E-state index contributed by atoms with van der Waals surface area (Å²) in [7, 11) is -3.48. The van der Waals surface area contributed by atoms with Gasteiger partial charge in [-0.3, -0.25) is 0 Å². The lowest BCUT2D eigenvalue weighted by Gasteiger charge is -2.07. The Balaban J connectivity index is 2.36. The maximum Gasteiger partial charge on any atom is 0.182 e. The van der Waals surface area contributed by atoms with Crippen molar-refractivity contribution < 1.29 is 8.42 Å². The van der Waals surface area contributed by atoms with Crippen LogP contribution in [0.3, 0.4) is 0 Å². The molecule has 0 fully saturated rings. The predicted octanol–water partition coefficient (Wildman–Crippen LogP) is 3.95. The van der Waals surface area contributed by atoms with Gasteiger partial charge in [0.1, 0.15) is 0 Å². The molecule has 0 bridgehead atoms. The van der Waals surface area contributed by atoms with E-state index in [9.17, 15) is 8.42 Å². The molecule has 0 atom stereocenters. The molecule has 3 nitrogen and oxygen atoms in total. The van der Waals surface area contributed by atoms with E-state index >= 15 is 0 Å². The first kappa shape index (κ1) is 15.0. The number of nitriles is 1. The van der Waals surface area contributed by atoms with E-state index in [0.717, 1.165) is 0 Å². The fourth-order valence-corrected chi connectivity index (χ4v) is 3.98. The highest BCUT2D eigenvalue weighted by atomic mass is 79.9. The van der Waals surface area contributed by atoms with E-state index in [0.29, 0.717) is 15.6 Å². The highest BCUT2D eigenvalue weighted by molar-refractivity contribution is 9.10. The summed E-state index contributed by atoms with van der Waals surface area (Å²) in [6, 6.07) is 13.1. The summed E-state index contributed by atoms with van der Waals surface area (Å²) in [6.45, 7) is 0. The molecule has 0 saturated carbocycles. The van der Waals surface area contributed by atoms with Crippen LogP contribution in [0.15, 0.2) is 51.8 Å². The van der Waals surface area contributed by atoms with E-state index in [-0.39, 0.29) is 15.7 Å². The number of benzene rings is 2. The summed E-state index contributed by atoms with van der Waals surface area (Å²) >= 11 is 9.25. The minimum absolute atomic E-state index is 0.200. The monoisotopic (exact) mass is 369 g/mol. The normalized spacial score (nSPS) is 11.1. The second kappa shape index (κ2) is 5.96. The molecule has 0 saturated heterocycles. The van der Waals surface area contributed by atoms with Crippen LogP contribution in [-0.2, 0) is 15.6 Å². The van der Waals surface area contributed by atoms with Gasteiger partial charge >= 0.3 is 0 Å². The van der Waals surface area contributed by atoms with Gasteiger partial charge in [-0.05, 0) is 35.9 Å². The third-order valence-corrected chi connectivity index (χ3v) is 5.19. The van der Waals surface area contributed by atoms with Crippen LogP contribution < -0.4 is 0 Å². The molecule has 2 aromatic rings. The minimum Gasteiger partial charge on any atom is -0.223 e. The lowest BCUT2D eigenvalue weighted by molar-refractivity contribution is 0.595. The molecule has 0 amide bonds. The van der Waals surface area contributed by atoms with Gasteiger partial charge in [-0.15, -0.1) is 0 Å². The maximum atomic E-state index is 12.3. The van der Waals surface area contributed by atoms with Crippen LogP contribution in [0, 0.1) is 11.3 Å². The van der Waals surface area contributed by atoms with Gasteiger partial charge in [-0.2, -0.15) is 5.26 Å². The van der Waals surface area contributed by atoms with Crippen molar-refractivity contribution in [1.82, 2.24) is 0 Å². The molecule has 0 unspecified atom stereocenters. The zero-order chi connectivity index (χ0) is 14.8. The van der Waals surface area contributed by atoms with Crippen molar-refractivity contribution in [3.05, 3.63) is 63.1 Å². The Kier molecular flexibility index (Phi) is 4.48. The van der Waals surface area contributed by atoms with Crippen LogP contribution in [0.4, 0.5) is 0 Å². The van der Waals surface area contributed by atoms with Gasteiger partial charge in [0.05, 0.1) is 22.3 Å². The highest BCUT2D eigenvalue weighted by Crippen LogP contribution is 2.24. The van der Waals surface area contributed by atoms with E-state index in [1.54, 1.807) is 30.3 Å². The molecule has 0 aliphatic heterocycles. The first-order valence-electron chi connectivity index (χ1n) is 5.59. The van der Waals surface area contributed by atoms with Crippen molar-refractivity contribution in [2.24, 2.45) is 0 Å². The Hall–Kier alpha value is -1.35. The van der Waals surface area contributed by atoms with Gasteiger partial charge in [0.25, 0.3) is 0 Å². The highest BCUT2D eigenvalue weighted by Gasteiger charge is 2.17. The van der Waals surface area contributed by atoms with Gasteiger partial charge in [0.15, 0.2) is 9.84 Å². The molecule has 20 heavy (non-hydrogen) atoms. The average molecular weight is 371 g/mol. The topological polar surface area (TPSA) is 57.9 Å². The molecule has 102 valence electrons. The van der Waals surface area contributed by atoms with E-state index in [4.69, 9.17) is 16.9 Å². The van der Waals surface area contributed by atoms with Gasteiger partial charge in [-0.1, -0.05) is 39.7 Å². The molecule has 0 spiro atoms. The fraction of sp³-hybridized carbons (Fsp3) is 0.0714. The summed E-state index contributed by atoms with van der Waals surface area (Å²) < 4.78 is 25.3. The van der Waals surface area contributed by atoms with Gasteiger partial charge < -0.3 is 0 Å². The Labute approximate surface area is 130 Å². The Morgan fingerprint density at radius 3 is 2.55 bits per heavy atom. The number of rotatable bonds is 3. The van der Waals surface area contributed by atoms with Crippen LogP contribution in [0.1, 0.15) is 11.1 Å². The van der Waals surface area contributed by atoms with Crippen LogP contribution >= 0.6 is 27.5 Å².